The van der Waals surface area contributed by atoms with E-state index in [1.54, 1.807) is 22.8 Å². The Morgan fingerprint density at radius 3 is 2.38 bits per heavy atom. The van der Waals surface area contributed by atoms with Crippen molar-refractivity contribution in [1.29, 1.82) is 0 Å². The van der Waals surface area contributed by atoms with Gasteiger partial charge < -0.3 is 15.2 Å². The molecule has 0 saturated carbocycles. The summed E-state index contributed by atoms with van der Waals surface area (Å²) < 4.78 is 1.74. The molecule has 0 aliphatic carbocycles. The number of thioether (sulfide) groups is 1. The van der Waals surface area contributed by atoms with Gasteiger partial charge in [-0.05, 0) is 30.3 Å². The van der Waals surface area contributed by atoms with Crippen LogP contribution in [0, 0.1) is 0 Å². The third-order valence-corrected chi connectivity index (χ3v) is 7.05. The van der Waals surface area contributed by atoms with Gasteiger partial charge in [0.25, 0.3) is 5.91 Å². The lowest BCUT2D eigenvalue weighted by molar-refractivity contribution is -0.113. The van der Waals surface area contributed by atoms with E-state index in [1.165, 1.54) is 30.0 Å². The monoisotopic (exact) mass is 577 g/mol. The van der Waals surface area contributed by atoms with Crippen molar-refractivity contribution in [2.75, 3.05) is 11.1 Å². The zero-order valence-corrected chi connectivity index (χ0v) is 21.8. The van der Waals surface area contributed by atoms with Crippen LogP contribution in [-0.2, 0) is 17.9 Å². The Kier molecular flexibility index (Phi) is 9.53. The van der Waals surface area contributed by atoms with Gasteiger partial charge in [0.2, 0.25) is 5.91 Å². The number of allylic oxidation sites excluding steroid dienone is 1. The Hall–Kier alpha value is -1.94. The van der Waals surface area contributed by atoms with Gasteiger partial charge in [-0.25, -0.2) is 0 Å². The number of rotatable bonds is 9. The van der Waals surface area contributed by atoms with Crippen molar-refractivity contribution in [2.45, 2.75) is 18.2 Å². The third-order valence-electron chi connectivity index (χ3n) is 4.31. The predicted octanol–water partition coefficient (Wildman–Crippen LogP) is 6.39. The molecule has 0 saturated heterocycles. The van der Waals surface area contributed by atoms with Gasteiger partial charge in [0.05, 0.1) is 43.1 Å². The smallest absolute Gasteiger partial charge is 0.251 e. The van der Waals surface area contributed by atoms with Crippen molar-refractivity contribution in [3.63, 3.8) is 0 Å². The van der Waals surface area contributed by atoms with E-state index < -0.39 is 0 Å². The number of nitrogens with one attached hydrogen (secondary N) is 2. The molecule has 0 aliphatic heterocycles. The summed E-state index contributed by atoms with van der Waals surface area (Å²) in [7, 11) is 0. The molecule has 0 atom stereocenters. The summed E-state index contributed by atoms with van der Waals surface area (Å²) in [5.41, 5.74) is 0.705. The van der Waals surface area contributed by atoms with Crippen LogP contribution in [0.15, 0.2) is 48.1 Å². The Labute approximate surface area is 224 Å². The normalized spacial score (nSPS) is 10.7. The molecule has 2 aromatic carbocycles. The van der Waals surface area contributed by atoms with Crippen molar-refractivity contribution in [3.8, 4) is 0 Å². The molecule has 0 spiro atoms. The summed E-state index contributed by atoms with van der Waals surface area (Å²) in [5.74, 6) is -0.156. The number of carbonyl (C=O) groups is 2. The van der Waals surface area contributed by atoms with Crippen LogP contribution in [-0.4, -0.2) is 32.3 Å². The number of hydrogen-bond acceptors (Lipinski definition) is 5. The summed E-state index contributed by atoms with van der Waals surface area (Å²) in [5, 5.41) is 15.6. The highest BCUT2D eigenvalue weighted by Gasteiger charge is 2.16. The van der Waals surface area contributed by atoms with Crippen LogP contribution in [0.4, 0.5) is 5.69 Å². The van der Waals surface area contributed by atoms with E-state index in [2.05, 4.69) is 27.4 Å². The number of aromatic nitrogens is 3. The number of anilines is 1. The molecular weight excluding hydrogens is 564 g/mol. The molecular formula is C21H16Cl5N5O2S. The summed E-state index contributed by atoms with van der Waals surface area (Å²) in [6, 6.07) is 7.52. The lowest BCUT2D eigenvalue weighted by Crippen LogP contribution is -2.25. The number of halogens is 5. The zero-order valence-electron chi connectivity index (χ0n) is 17.2. The Morgan fingerprint density at radius 2 is 1.68 bits per heavy atom. The standard InChI is InChI=1S/C21H16Cl5N5O2S/c1-2-5-31-18(9-27-20(33)11-3-4-12(22)13(23)6-11)29-30-21(31)34-10-19(32)28-17-8-15(25)14(24)7-16(17)26/h2-4,6-8H,1,5,9-10H2,(H,27,33)(H,28,32). The molecule has 0 bridgehead atoms. The third kappa shape index (κ3) is 6.81. The largest absolute Gasteiger partial charge is 0.345 e. The summed E-state index contributed by atoms with van der Waals surface area (Å²) in [6.07, 6.45) is 1.66. The Bertz CT molecular complexity index is 1250. The van der Waals surface area contributed by atoms with Crippen molar-refractivity contribution < 1.29 is 9.59 Å². The quantitative estimate of drug-likeness (QED) is 0.174. The molecule has 34 heavy (non-hydrogen) atoms. The van der Waals surface area contributed by atoms with Crippen LogP contribution in [0.3, 0.4) is 0 Å². The van der Waals surface area contributed by atoms with Gasteiger partial charge in [0, 0.05) is 12.1 Å². The highest BCUT2D eigenvalue weighted by atomic mass is 35.5. The Balaban J connectivity index is 1.63. The van der Waals surface area contributed by atoms with Gasteiger partial charge >= 0.3 is 0 Å². The van der Waals surface area contributed by atoms with Crippen molar-refractivity contribution in [3.05, 3.63) is 79.5 Å². The maximum absolute atomic E-state index is 12.4. The van der Waals surface area contributed by atoms with E-state index in [9.17, 15) is 9.59 Å². The number of carbonyl (C=O) groups excluding carboxylic acids is 2. The fourth-order valence-electron chi connectivity index (χ4n) is 2.70. The second kappa shape index (κ2) is 12.2. The lowest BCUT2D eigenvalue weighted by Gasteiger charge is -2.10. The molecule has 1 heterocycles. The van der Waals surface area contributed by atoms with Gasteiger partial charge in [0.15, 0.2) is 11.0 Å². The molecule has 13 heteroatoms. The van der Waals surface area contributed by atoms with Crippen LogP contribution in [0.1, 0.15) is 16.2 Å². The maximum Gasteiger partial charge on any atom is 0.251 e. The average Bonchev–Trinajstić information content (AvgIpc) is 3.18. The fraction of sp³-hybridized carbons (Fsp3) is 0.143. The molecule has 0 radical (unpaired) electrons. The number of hydrogen-bond donors (Lipinski definition) is 2. The van der Waals surface area contributed by atoms with Gasteiger partial charge in [-0.3, -0.25) is 9.59 Å². The van der Waals surface area contributed by atoms with E-state index in [0.717, 1.165) is 0 Å². The Morgan fingerprint density at radius 1 is 0.971 bits per heavy atom. The van der Waals surface area contributed by atoms with E-state index in [4.69, 9.17) is 58.0 Å². The highest BCUT2D eigenvalue weighted by Crippen LogP contribution is 2.32. The van der Waals surface area contributed by atoms with Crippen molar-refractivity contribution >= 4 is 87.3 Å². The molecule has 0 unspecified atom stereocenters. The van der Waals surface area contributed by atoms with Crippen molar-refractivity contribution in [1.82, 2.24) is 20.1 Å². The SMILES string of the molecule is C=CCn1c(CNC(=O)c2ccc(Cl)c(Cl)c2)nnc1SCC(=O)Nc1cc(Cl)c(Cl)cc1Cl. The number of amides is 2. The van der Waals surface area contributed by atoms with Gasteiger partial charge in [-0.2, -0.15) is 0 Å². The van der Waals surface area contributed by atoms with Crippen LogP contribution in [0.25, 0.3) is 0 Å². The van der Waals surface area contributed by atoms with Crippen LogP contribution < -0.4 is 10.6 Å². The first-order valence-corrected chi connectivity index (χ1v) is 12.4. The molecule has 0 aliphatic rings. The molecule has 3 aromatic rings. The molecule has 0 fully saturated rings. The highest BCUT2D eigenvalue weighted by molar-refractivity contribution is 7.99. The van der Waals surface area contributed by atoms with Crippen LogP contribution in [0.2, 0.25) is 25.1 Å². The minimum absolute atomic E-state index is 0.0292. The molecule has 178 valence electrons. The molecule has 7 nitrogen and oxygen atoms in total. The first-order valence-electron chi connectivity index (χ1n) is 9.53. The summed E-state index contributed by atoms with van der Waals surface area (Å²) in [4.78, 5) is 24.9. The van der Waals surface area contributed by atoms with Crippen molar-refractivity contribution in [2.24, 2.45) is 0 Å². The lowest BCUT2D eigenvalue weighted by atomic mass is 10.2. The van der Waals surface area contributed by atoms with E-state index in [1.807, 2.05) is 0 Å². The molecule has 3 rings (SSSR count). The molecule has 1 aromatic heterocycles. The minimum Gasteiger partial charge on any atom is -0.345 e. The zero-order chi connectivity index (χ0) is 24.8. The number of benzene rings is 2. The van der Waals surface area contributed by atoms with E-state index in [0.29, 0.717) is 33.8 Å². The summed E-state index contributed by atoms with van der Waals surface area (Å²) in [6.45, 7) is 4.22. The first-order chi connectivity index (χ1) is 16.2. The molecule has 2 N–H and O–H groups in total. The van der Waals surface area contributed by atoms with Crippen LogP contribution in [0.5, 0.6) is 0 Å². The van der Waals surface area contributed by atoms with Crippen LogP contribution >= 0.6 is 69.8 Å². The fourth-order valence-corrected chi connectivity index (χ4v) is 4.36. The van der Waals surface area contributed by atoms with E-state index in [-0.39, 0.29) is 44.2 Å². The van der Waals surface area contributed by atoms with E-state index >= 15 is 0 Å². The summed E-state index contributed by atoms with van der Waals surface area (Å²) >= 11 is 31.0. The minimum atomic E-state index is -0.348. The predicted molar refractivity (Wildman–Crippen MR) is 139 cm³/mol. The topological polar surface area (TPSA) is 88.9 Å². The van der Waals surface area contributed by atoms with Gasteiger partial charge in [-0.1, -0.05) is 75.8 Å². The van der Waals surface area contributed by atoms with Gasteiger partial charge in [-0.15, -0.1) is 16.8 Å². The average molecular weight is 580 g/mol. The second-order valence-electron chi connectivity index (χ2n) is 6.69. The second-order valence-corrected chi connectivity index (χ2v) is 9.67. The number of nitrogens with zero attached hydrogens (tertiary/aromatic N) is 3. The molecule has 2 amide bonds. The van der Waals surface area contributed by atoms with Gasteiger partial charge in [0.1, 0.15) is 0 Å². The maximum atomic E-state index is 12.4. The first kappa shape index (κ1) is 26.7.